The molecule has 1 N–H and O–H groups in total. The zero-order chi connectivity index (χ0) is 13.2. The number of fused-ring (bicyclic) bond motifs is 1. The highest BCUT2D eigenvalue weighted by Gasteiger charge is 2.10. The molecule has 0 fully saturated rings. The lowest BCUT2D eigenvalue weighted by molar-refractivity contribution is -0.136. The standard InChI is InChI=1S/C12H9N5O2/c18-12(19)6-9-7-15-16-17(9)8-1-2-10-11(5-8)14-4-3-13-10/h1-5,7H,6H2,(H,18,19). The largest absolute Gasteiger partial charge is 0.481 e. The van der Waals surface area contributed by atoms with E-state index in [0.29, 0.717) is 11.4 Å². The van der Waals surface area contributed by atoms with Crippen LogP contribution >= 0.6 is 0 Å². The van der Waals surface area contributed by atoms with Crippen LogP contribution in [0.2, 0.25) is 0 Å². The monoisotopic (exact) mass is 255 g/mol. The first-order chi connectivity index (χ1) is 9.24. The van der Waals surface area contributed by atoms with E-state index in [-0.39, 0.29) is 6.42 Å². The first-order valence-electron chi connectivity index (χ1n) is 5.56. The summed E-state index contributed by atoms with van der Waals surface area (Å²) in [6.45, 7) is 0. The number of aromatic nitrogens is 5. The van der Waals surface area contributed by atoms with Crippen LogP contribution in [0.3, 0.4) is 0 Å². The molecule has 0 saturated heterocycles. The first-order valence-corrected chi connectivity index (χ1v) is 5.56. The summed E-state index contributed by atoms with van der Waals surface area (Å²) in [4.78, 5) is 19.1. The van der Waals surface area contributed by atoms with E-state index >= 15 is 0 Å². The summed E-state index contributed by atoms with van der Waals surface area (Å²) in [5.74, 6) is -0.927. The van der Waals surface area contributed by atoms with Crippen LogP contribution in [0.15, 0.2) is 36.8 Å². The first kappa shape index (κ1) is 11.3. The summed E-state index contributed by atoms with van der Waals surface area (Å²) >= 11 is 0. The molecule has 2 heterocycles. The van der Waals surface area contributed by atoms with Crippen LogP contribution in [0.5, 0.6) is 0 Å². The van der Waals surface area contributed by atoms with Gasteiger partial charge in [-0.15, -0.1) is 5.10 Å². The molecule has 0 aliphatic carbocycles. The fourth-order valence-corrected chi connectivity index (χ4v) is 1.83. The van der Waals surface area contributed by atoms with Crippen molar-refractivity contribution in [2.45, 2.75) is 6.42 Å². The van der Waals surface area contributed by atoms with Gasteiger partial charge in [0, 0.05) is 12.4 Å². The van der Waals surface area contributed by atoms with Crippen molar-refractivity contribution in [1.82, 2.24) is 25.0 Å². The number of aliphatic carboxylic acids is 1. The highest BCUT2D eigenvalue weighted by Crippen LogP contribution is 2.15. The Balaban J connectivity index is 2.09. The Bertz CT molecular complexity index is 752. The molecule has 7 heteroatoms. The van der Waals surface area contributed by atoms with Gasteiger partial charge in [0.2, 0.25) is 0 Å². The van der Waals surface area contributed by atoms with Crippen LogP contribution in [0, 0.1) is 0 Å². The van der Waals surface area contributed by atoms with Crippen molar-refractivity contribution in [1.29, 1.82) is 0 Å². The Morgan fingerprint density at radius 3 is 2.79 bits per heavy atom. The molecule has 0 radical (unpaired) electrons. The molecule has 94 valence electrons. The molecule has 3 aromatic rings. The summed E-state index contributed by atoms with van der Waals surface area (Å²) in [6.07, 6.45) is 4.53. The lowest BCUT2D eigenvalue weighted by Gasteiger charge is -2.05. The number of hydrogen-bond acceptors (Lipinski definition) is 5. The molecular weight excluding hydrogens is 246 g/mol. The topological polar surface area (TPSA) is 93.8 Å². The number of hydrogen-bond donors (Lipinski definition) is 1. The van der Waals surface area contributed by atoms with Gasteiger partial charge in [-0.05, 0) is 18.2 Å². The molecule has 0 aliphatic rings. The fraction of sp³-hybridized carbons (Fsp3) is 0.0833. The molecular formula is C12H9N5O2. The fourth-order valence-electron chi connectivity index (χ4n) is 1.83. The molecule has 0 amide bonds. The van der Waals surface area contributed by atoms with E-state index < -0.39 is 5.97 Å². The zero-order valence-corrected chi connectivity index (χ0v) is 9.76. The minimum Gasteiger partial charge on any atom is -0.481 e. The van der Waals surface area contributed by atoms with Crippen molar-refractivity contribution in [3.8, 4) is 5.69 Å². The normalized spacial score (nSPS) is 10.7. The van der Waals surface area contributed by atoms with E-state index in [1.165, 1.54) is 10.9 Å². The minimum absolute atomic E-state index is 0.133. The summed E-state index contributed by atoms with van der Waals surface area (Å²) in [5, 5.41) is 16.5. The predicted octanol–water partition coefficient (Wildman–Crippen LogP) is 0.838. The minimum atomic E-state index is -0.927. The van der Waals surface area contributed by atoms with E-state index in [2.05, 4.69) is 20.3 Å². The highest BCUT2D eigenvalue weighted by molar-refractivity contribution is 5.76. The summed E-state index contributed by atoms with van der Waals surface area (Å²) in [7, 11) is 0. The number of carboxylic acid groups (broad SMARTS) is 1. The molecule has 0 atom stereocenters. The van der Waals surface area contributed by atoms with Crippen LogP contribution in [0.4, 0.5) is 0 Å². The van der Waals surface area contributed by atoms with E-state index in [1.54, 1.807) is 24.5 Å². The SMILES string of the molecule is O=C(O)Cc1cnnn1-c1ccc2nccnc2c1. The average Bonchev–Trinajstić information content (AvgIpc) is 2.85. The molecule has 7 nitrogen and oxygen atoms in total. The lowest BCUT2D eigenvalue weighted by Crippen LogP contribution is -2.08. The smallest absolute Gasteiger partial charge is 0.309 e. The Morgan fingerprint density at radius 1 is 1.21 bits per heavy atom. The molecule has 1 aromatic carbocycles. The molecule has 0 unspecified atom stereocenters. The van der Waals surface area contributed by atoms with E-state index in [4.69, 9.17) is 5.11 Å². The van der Waals surface area contributed by atoms with Crippen LogP contribution in [0.1, 0.15) is 5.69 Å². The van der Waals surface area contributed by atoms with Crippen molar-refractivity contribution < 1.29 is 9.90 Å². The quantitative estimate of drug-likeness (QED) is 0.745. The van der Waals surface area contributed by atoms with Gasteiger partial charge < -0.3 is 5.11 Å². The van der Waals surface area contributed by atoms with E-state index in [0.717, 1.165) is 11.0 Å². The Hall–Kier alpha value is -2.83. The van der Waals surface area contributed by atoms with Crippen LogP contribution < -0.4 is 0 Å². The molecule has 0 aliphatic heterocycles. The van der Waals surface area contributed by atoms with Crippen LogP contribution in [-0.4, -0.2) is 36.0 Å². The Kier molecular flexibility index (Phi) is 2.64. The van der Waals surface area contributed by atoms with Gasteiger partial charge >= 0.3 is 5.97 Å². The predicted molar refractivity (Wildman–Crippen MR) is 65.8 cm³/mol. The summed E-state index contributed by atoms with van der Waals surface area (Å²) in [6, 6.07) is 5.41. The van der Waals surface area contributed by atoms with Crippen LogP contribution in [-0.2, 0) is 11.2 Å². The summed E-state index contributed by atoms with van der Waals surface area (Å²) in [5.41, 5.74) is 2.71. The van der Waals surface area contributed by atoms with Gasteiger partial charge in [0.15, 0.2) is 0 Å². The maximum Gasteiger partial charge on any atom is 0.309 e. The average molecular weight is 255 g/mol. The van der Waals surface area contributed by atoms with E-state index in [9.17, 15) is 4.79 Å². The molecule has 0 bridgehead atoms. The third-order valence-electron chi connectivity index (χ3n) is 2.65. The zero-order valence-electron chi connectivity index (χ0n) is 9.76. The van der Waals surface area contributed by atoms with Gasteiger partial charge in [-0.1, -0.05) is 5.21 Å². The molecule has 0 spiro atoms. The number of rotatable bonds is 3. The van der Waals surface area contributed by atoms with Gasteiger partial charge in [0.25, 0.3) is 0 Å². The maximum absolute atomic E-state index is 10.8. The molecule has 3 rings (SSSR count). The van der Waals surface area contributed by atoms with Crippen molar-refractivity contribution in [2.75, 3.05) is 0 Å². The van der Waals surface area contributed by atoms with Gasteiger partial charge in [0.05, 0.1) is 35.0 Å². The molecule has 19 heavy (non-hydrogen) atoms. The molecule has 2 aromatic heterocycles. The number of carboxylic acids is 1. The highest BCUT2D eigenvalue weighted by atomic mass is 16.4. The number of nitrogens with zero attached hydrogens (tertiary/aromatic N) is 5. The van der Waals surface area contributed by atoms with Crippen molar-refractivity contribution in [2.24, 2.45) is 0 Å². The van der Waals surface area contributed by atoms with Gasteiger partial charge in [-0.3, -0.25) is 14.8 Å². The third kappa shape index (κ3) is 2.13. The third-order valence-corrected chi connectivity index (χ3v) is 2.65. The second-order valence-corrected chi connectivity index (χ2v) is 3.94. The number of benzene rings is 1. The second kappa shape index (κ2) is 4.45. The van der Waals surface area contributed by atoms with Crippen molar-refractivity contribution in [3.63, 3.8) is 0 Å². The Morgan fingerprint density at radius 2 is 2.00 bits per heavy atom. The maximum atomic E-state index is 10.8. The van der Waals surface area contributed by atoms with Crippen LogP contribution in [0.25, 0.3) is 16.7 Å². The van der Waals surface area contributed by atoms with Crippen molar-refractivity contribution in [3.05, 3.63) is 42.5 Å². The second-order valence-electron chi connectivity index (χ2n) is 3.94. The van der Waals surface area contributed by atoms with Gasteiger partial charge in [-0.25, -0.2) is 4.68 Å². The number of carbonyl (C=O) groups is 1. The van der Waals surface area contributed by atoms with Gasteiger partial charge in [0.1, 0.15) is 0 Å². The summed E-state index contributed by atoms with van der Waals surface area (Å²) < 4.78 is 1.49. The lowest BCUT2D eigenvalue weighted by atomic mass is 10.2. The van der Waals surface area contributed by atoms with Gasteiger partial charge in [-0.2, -0.15) is 0 Å². The van der Waals surface area contributed by atoms with Crippen molar-refractivity contribution >= 4 is 17.0 Å². The Labute approximate surface area is 107 Å². The molecule has 0 saturated carbocycles. The van der Waals surface area contributed by atoms with E-state index in [1.807, 2.05) is 6.07 Å².